The molecule has 0 unspecified atom stereocenters. The van der Waals surface area contributed by atoms with Crippen molar-refractivity contribution < 1.29 is 14.3 Å². The van der Waals surface area contributed by atoms with Gasteiger partial charge in [0.05, 0.1) is 13.2 Å². The van der Waals surface area contributed by atoms with E-state index >= 15 is 0 Å². The van der Waals surface area contributed by atoms with E-state index in [1.807, 2.05) is 6.92 Å². The number of nitrogens with zero attached hydrogens (tertiary/aromatic N) is 1. The van der Waals surface area contributed by atoms with Crippen LogP contribution in [0.1, 0.15) is 26.2 Å². The van der Waals surface area contributed by atoms with Crippen molar-refractivity contribution in [3.05, 3.63) is 0 Å². The topological polar surface area (TPSA) is 38.8 Å². The number of rotatable bonds is 4. The summed E-state index contributed by atoms with van der Waals surface area (Å²) in [4.78, 5) is 13.6. The Morgan fingerprint density at radius 1 is 1.40 bits per heavy atom. The molecule has 2 fully saturated rings. The van der Waals surface area contributed by atoms with Crippen molar-refractivity contribution >= 4 is 5.97 Å². The number of hydrogen-bond acceptors (Lipinski definition) is 4. The fraction of sp³-hybridized carbons (Fsp3) is 0.909. The number of carbonyl (C=O) groups excluding carboxylic acids is 1. The molecule has 4 heteroatoms. The van der Waals surface area contributed by atoms with Crippen LogP contribution in [-0.4, -0.2) is 49.3 Å². The summed E-state index contributed by atoms with van der Waals surface area (Å²) in [6, 6.07) is 0. The zero-order valence-corrected chi connectivity index (χ0v) is 9.33. The van der Waals surface area contributed by atoms with Crippen LogP contribution in [0.25, 0.3) is 0 Å². The first-order valence-corrected chi connectivity index (χ1v) is 5.76. The summed E-state index contributed by atoms with van der Waals surface area (Å²) >= 11 is 0. The first-order chi connectivity index (χ1) is 7.24. The number of ether oxygens (including phenoxy) is 2. The SMILES string of the molecule is CCC(=O)OC1(CN2CCOCC2)CC1. The van der Waals surface area contributed by atoms with Gasteiger partial charge in [-0.15, -0.1) is 0 Å². The second-order valence-electron chi connectivity index (χ2n) is 4.40. The molecule has 0 aromatic heterocycles. The minimum absolute atomic E-state index is 0.0687. The van der Waals surface area contributed by atoms with Gasteiger partial charge in [0.1, 0.15) is 5.60 Å². The predicted octanol–water partition coefficient (Wildman–Crippen LogP) is 0.804. The lowest BCUT2D eigenvalue weighted by Gasteiger charge is -2.30. The summed E-state index contributed by atoms with van der Waals surface area (Å²) in [5, 5.41) is 0. The molecule has 0 aromatic carbocycles. The second kappa shape index (κ2) is 4.49. The molecule has 0 N–H and O–H groups in total. The standard InChI is InChI=1S/C11H19NO3/c1-2-10(13)15-11(3-4-11)9-12-5-7-14-8-6-12/h2-9H2,1H3. The maximum absolute atomic E-state index is 11.2. The largest absolute Gasteiger partial charge is 0.458 e. The Bertz CT molecular complexity index is 232. The molecule has 1 saturated heterocycles. The molecule has 0 atom stereocenters. The van der Waals surface area contributed by atoms with Crippen LogP contribution in [-0.2, 0) is 14.3 Å². The first-order valence-electron chi connectivity index (χ1n) is 5.76. The van der Waals surface area contributed by atoms with Gasteiger partial charge < -0.3 is 9.47 Å². The van der Waals surface area contributed by atoms with Crippen LogP contribution < -0.4 is 0 Å². The highest BCUT2D eigenvalue weighted by molar-refractivity contribution is 5.69. The van der Waals surface area contributed by atoms with Crippen molar-refractivity contribution in [2.24, 2.45) is 0 Å². The Morgan fingerprint density at radius 3 is 2.60 bits per heavy atom. The molecular weight excluding hydrogens is 194 g/mol. The molecule has 0 radical (unpaired) electrons. The van der Waals surface area contributed by atoms with Gasteiger partial charge in [0.15, 0.2) is 0 Å². The minimum atomic E-state index is -0.148. The molecule has 4 nitrogen and oxygen atoms in total. The Morgan fingerprint density at radius 2 is 2.07 bits per heavy atom. The molecule has 15 heavy (non-hydrogen) atoms. The third-order valence-electron chi connectivity index (χ3n) is 3.04. The van der Waals surface area contributed by atoms with E-state index in [4.69, 9.17) is 9.47 Å². The average molecular weight is 213 g/mol. The van der Waals surface area contributed by atoms with Crippen molar-refractivity contribution in [2.45, 2.75) is 31.8 Å². The average Bonchev–Trinajstić information content (AvgIpc) is 2.99. The molecule has 1 saturated carbocycles. The van der Waals surface area contributed by atoms with Gasteiger partial charge in [-0.2, -0.15) is 0 Å². The molecule has 2 rings (SSSR count). The summed E-state index contributed by atoms with van der Waals surface area (Å²) < 4.78 is 10.8. The zero-order valence-electron chi connectivity index (χ0n) is 9.33. The Hall–Kier alpha value is -0.610. The van der Waals surface area contributed by atoms with Crippen LogP contribution >= 0.6 is 0 Å². The van der Waals surface area contributed by atoms with Gasteiger partial charge >= 0.3 is 5.97 Å². The number of esters is 1. The van der Waals surface area contributed by atoms with Crippen LogP contribution in [0.5, 0.6) is 0 Å². The summed E-state index contributed by atoms with van der Waals surface area (Å²) in [5.74, 6) is -0.0687. The van der Waals surface area contributed by atoms with Crippen LogP contribution in [0.4, 0.5) is 0 Å². The predicted molar refractivity (Wildman–Crippen MR) is 55.6 cm³/mol. The third kappa shape index (κ3) is 2.92. The second-order valence-corrected chi connectivity index (χ2v) is 4.40. The van der Waals surface area contributed by atoms with E-state index in [0.717, 1.165) is 45.7 Å². The maximum atomic E-state index is 11.2. The summed E-state index contributed by atoms with van der Waals surface area (Å²) in [6.07, 6.45) is 2.52. The highest BCUT2D eigenvalue weighted by atomic mass is 16.6. The van der Waals surface area contributed by atoms with Gasteiger partial charge in [0.2, 0.25) is 0 Å². The fourth-order valence-electron chi connectivity index (χ4n) is 1.91. The van der Waals surface area contributed by atoms with E-state index in [1.165, 1.54) is 0 Å². The monoisotopic (exact) mass is 213 g/mol. The van der Waals surface area contributed by atoms with Crippen molar-refractivity contribution in [2.75, 3.05) is 32.8 Å². The van der Waals surface area contributed by atoms with Gasteiger partial charge in [-0.05, 0) is 12.8 Å². The summed E-state index contributed by atoms with van der Waals surface area (Å²) in [7, 11) is 0. The maximum Gasteiger partial charge on any atom is 0.306 e. The van der Waals surface area contributed by atoms with Gasteiger partial charge in [0, 0.05) is 26.1 Å². The van der Waals surface area contributed by atoms with Crippen LogP contribution in [0.2, 0.25) is 0 Å². The lowest BCUT2D eigenvalue weighted by molar-refractivity contribution is -0.152. The molecule has 2 aliphatic rings. The van der Waals surface area contributed by atoms with Gasteiger partial charge in [-0.1, -0.05) is 6.92 Å². The Balaban J connectivity index is 1.79. The van der Waals surface area contributed by atoms with Crippen molar-refractivity contribution in [3.63, 3.8) is 0 Å². The number of hydrogen-bond donors (Lipinski definition) is 0. The van der Waals surface area contributed by atoms with Crippen LogP contribution in [0.15, 0.2) is 0 Å². The third-order valence-corrected chi connectivity index (χ3v) is 3.04. The molecule has 1 heterocycles. The quantitative estimate of drug-likeness (QED) is 0.648. The molecular formula is C11H19NO3. The molecule has 0 amide bonds. The fourth-order valence-corrected chi connectivity index (χ4v) is 1.91. The highest BCUT2D eigenvalue weighted by Gasteiger charge is 2.47. The van der Waals surface area contributed by atoms with Gasteiger partial charge in [-0.3, -0.25) is 9.69 Å². The smallest absolute Gasteiger partial charge is 0.306 e. The van der Waals surface area contributed by atoms with Crippen molar-refractivity contribution in [1.82, 2.24) is 4.90 Å². The van der Waals surface area contributed by atoms with E-state index in [1.54, 1.807) is 0 Å². The van der Waals surface area contributed by atoms with Gasteiger partial charge in [-0.25, -0.2) is 0 Å². The van der Waals surface area contributed by atoms with Crippen molar-refractivity contribution in [3.8, 4) is 0 Å². The number of morpholine rings is 1. The number of carbonyl (C=O) groups is 1. The van der Waals surface area contributed by atoms with E-state index in [0.29, 0.717) is 6.42 Å². The van der Waals surface area contributed by atoms with E-state index in [9.17, 15) is 4.79 Å². The zero-order chi connectivity index (χ0) is 10.7. The Labute approximate surface area is 90.5 Å². The lowest BCUT2D eigenvalue weighted by Crippen LogP contribution is -2.43. The van der Waals surface area contributed by atoms with Crippen LogP contribution in [0.3, 0.4) is 0 Å². The van der Waals surface area contributed by atoms with E-state index < -0.39 is 0 Å². The molecule has 0 spiro atoms. The van der Waals surface area contributed by atoms with E-state index in [2.05, 4.69) is 4.90 Å². The summed E-state index contributed by atoms with van der Waals surface area (Å²) in [6.45, 7) is 6.27. The highest BCUT2D eigenvalue weighted by Crippen LogP contribution is 2.40. The van der Waals surface area contributed by atoms with Gasteiger partial charge in [0.25, 0.3) is 0 Å². The molecule has 0 aromatic rings. The Kier molecular flexibility index (Phi) is 3.26. The molecule has 0 bridgehead atoms. The molecule has 1 aliphatic heterocycles. The lowest BCUT2D eigenvalue weighted by atomic mass is 10.3. The van der Waals surface area contributed by atoms with Crippen LogP contribution in [0, 0.1) is 0 Å². The minimum Gasteiger partial charge on any atom is -0.458 e. The van der Waals surface area contributed by atoms with E-state index in [-0.39, 0.29) is 11.6 Å². The first kappa shape index (κ1) is 10.9. The molecule has 1 aliphatic carbocycles. The molecule has 86 valence electrons. The van der Waals surface area contributed by atoms with Crippen molar-refractivity contribution in [1.29, 1.82) is 0 Å². The summed E-state index contributed by atoms with van der Waals surface area (Å²) in [5.41, 5.74) is -0.148. The normalized spacial score (nSPS) is 24.9.